The summed E-state index contributed by atoms with van der Waals surface area (Å²) in [7, 11) is 0. The Bertz CT molecular complexity index is 812. The molecule has 7 heteroatoms. The minimum Gasteiger partial charge on any atom is -0.457 e. The van der Waals surface area contributed by atoms with Crippen molar-refractivity contribution in [3.63, 3.8) is 0 Å². The quantitative estimate of drug-likeness (QED) is 0.715. The molecule has 1 heterocycles. The summed E-state index contributed by atoms with van der Waals surface area (Å²) in [5.41, 5.74) is 6.12. The summed E-state index contributed by atoms with van der Waals surface area (Å²) in [6.45, 7) is 4.19. The van der Waals surface area contributed by atoms with Crippen LogP contribution in [0.2, 0.25) is 0 Å². The molecule has 3 amide bonds. The maximum absolute atomic E-state index is 12.8. The van der Waals surface area contributed by atoms with Gasteiger partial charge in [-0.15, -0.1) is 0 Å². The number of primary amides is 1. The van der Waals surface area contributed by atoms with Crippen molar-refractivity contribution in [2.45, 2.75) is 25.4 Å². The molecule has 0 radical (unpaired) electrons. The zero-order valence-corrected chi connectivity index (χ0v) is 15.9. The zero-order valence-electron chi connectivity index (χ0n) is 15.9. The number of amides is 3. The van der Waals surface area contributed by atoms with Crippen molar-refractivity contribution in [1.82, 2.24) is 15.5 Å². The third kappa shape index (κ3) is 5.23. The van der Waals surface area contributed by atoms with E-state index >= 15 is 0 Å². The smallest absolute Gasteiger partial charge is 0.312 e. The van der Waals surface area contributed by atoms with Gasteiger partial charge in [-0.3, -0.25) is 4.79 Å². The standard InChI is InChI=1S/C21H26N4O3/c1-15-14-23-10-11-25(15)20(26)13-19(24-21(22)27)16-6-5-9-18(12-16)28-17-7-3-2-4-8-17/h2-9,12,15,19,23H,10-11,13-14H2,1H3,(H3,22,24,27)/t15-,19?/m1/s1. The van der Waals surface area contributed by atoms with Crippen LogP contribution in [0.15, 0.2) is 54.6 Å². The first-order valence-corrected chi connectivity index (χ1v) is 9.42. The third-order valence-corrected chi connectivity index (χ3v) is 4.76. The molecule has 1 saturated heterocycles. The first kappa shape index (κ1) is 19.7. The number of piperazine rings is 1. The Kier molecular flexibility index (Phi) is 6.49. The molecule has 28 heavy (non-hydrogen) atoms. The van der Waals surface area contributed by atoms with E-state index in [0.717, 1.165) is 18.7 Å². The topological polar surface area (TPSA) is 96.7 Å². The van der Waals surface area contributed by atoms with Crippen LogP contribution in [-0.2, 0) is 4.79 Å². The average molecular weight is 382 g/mol. The molecule has 1 fully saturated rings. The number of ether oxygens (including phenoxy) is 1. The van der Waals surface area contributed by atoms with E-state index in [1.165, 1.54) is 0 Å². The largest absolute Gasteiger partial charge is 0.457 e. The van der Waals surface area contributed by atoms with Gasteiger partial charge >= 0.3 is 6.03 Å². The lowest BCUT2D eigenvalue weighted by Crippen LogP contribution is -2.53. The second-order valence-electron chi connectivity index (χ2n) is 6.89. The summed E-state index contributed by atoms with van der Waals surface area (Å²) in [6.07, 6.45) is 0.141. The molecule has 0 spiro atoms. The SMILES string of the molecule is C[C@@H]1CNCCN1C(=O)CC(NC(N)=O)c1cccc(Oc2ccccc2)c1. The van der Waals surface area contributed by atoms with E-state index in [1.54, 1.807) is 0 Å². The number of carbonyl (C=O) groups excluding carboxylic acids is 2. The number of hydrogen-bond acceptors (Lipinski definition) is 4. The van der Waals surface area contributed by atoms with Crippen molar-refractivity contribution < 1.29 is 14.3 Å². The molecule has 2 aromatic rings. The van der Waals surface area contributed by atoms with Gasteiger partial charge in [0.05, 0.1) is 12.5 Å². The minimum absolute atomic E-state index is 0.0119. The number of rotatable bonds is 6. The second-order valence-corrected chi connectivity index (χ2v) is 6.89. The Labute approximate surface area is 164 Å². The van der Waals surface area contributed by atoms with E-state index in [-0.39, 0.29) is 18.4 Å². The van der Waals surface area contributed by atoms with Crippen LogP contribution < -0.4 is 21.1 Å². The van der Waals surface area contributed by atoms with Crippen LogP contribution in [0.5, 0.6) is 11.5 Å². The Morgan fingerprint density at radius 2 is 1.96 bits per heavy atom. The van der Waals surface area contributed by atoms with Crippen LogP contribution in [-0.4, -0.2) is 42.5 Å². The lowest BCUT2D eigenvalue weighted by atomic mass is 10.0. The normalized spacial score (nSPS) is 17.6. The highest BCUT2D eigenvalue weighted by atomic mass is 16.5. The van der Waals surface area contributed by atoms with Crippen LogP contribution in [0, 0.1) is 0 Å². The van der Waals surface area contributed by atoms with Crippen LogP contribution >= 0.6 is 0 Å². The van der Waals surface area contributed by atoms with Crippen LogP contribution in [0.4, 0.5) is 4.79 Å². The van der Waals surface area contributed by atoms with Gasteiger partial charge in [0, 0.05) is 25.7 Å². The van der Waals surface area contributed by atoms with Crippen molar-refractivity contribution in [3.8, 4) is 11.5 Å². The summed E-state index contributed by atoms with van der Waals surface area (Å²) in [5.74, 6) is 1.33. The number of nitrogens with one attached hydrogen (secondary N) is 2. The predicted octanol–water partition coefficient (Wildman–Crippen LogP) is 2.40. The Hall–Kier alpha value is -3.06. The van der Waals surface area contributed by atoms with Crippen molar-refractivity contribution in [2.24, 2.45) is 5.73 Å². The summed E-state index contributed by atoms with van der Waals surface area (Å²) in [5, 5.41) is 5.96. The molecule has 2 aromatic carbocycles. The summed E-state index contributed by atoms with van der Waals surface area (Å²) < 4.78 is 5.86. The molecule has 1 aliphatic heterocycles. The molecule has 1 unspecified atom stereocenters. The highest BCUT2D eigenvalue weighted by Gasteiger charge is 2.26. The molecular weight excluding hydrogens is 356 g/mol. The highest BCUT2D eigenvalue weighted by Crippen LogP contribution is 2.26. The Morgan fingerprint density at radius 1 is 1.21 bits per heavy atom. The van der Waals surface area contributed by atoms with Gasteiger partial charge in [0.1, 0.15) is 11.5 Å². The zero-order chi connectivity index (χ0) is 19.9. The van der Waals surface area contributed by atoms with Crippen molar-refractivity contribution in [2.75, 3.05) is 19.6 Å². The van der Waals surface area contributed by atoms with Gasteiger partial charge in [-0.2, -0.15) is 0 Å². The van der Waals surface area contributed by atoms with E-state index in [1.807, 2.05) is 66.4 Å². The number of benzene rings is 2. The van der Waals surface area contributed by atoms with E-state index in [0.29, 0.717) is 18.0 Å². The van der Waals surface area contributed by atoms with Gasteiger partial charge < -0.3 is 26.0 Å². The monoisotopic (exact) mass is 382 g/mol. The van der Waals surface area contributed by atoms with E-state index in [9.17, 15) is 9.59 Å². The van der Waals surface area contributed by atoms with E-state index in [2.05, 4.69) is 10.6 Å². The molecular formula is C21H26N4O3. The number of urea groups is 1. The van der Waals surface area contributed by atoms with Crippen LogP contribution in [0.3, 0.4) is 0 Å². The third-order valence-electron chi connectivity index (χ3n) is 4.76. The van der Waals surface area contributed by atoms with Gasteiger partial charge in [0.2, 0.25) is 5.91 Å². The molecule has 0 saturated carbocycles. The Balaban J connectivity index is 1.76. The van der Waals surface area contributed by atoms with Gasteiger partial charge in [-0.1, -0.05) is 30.3 Å². The first-order chi connectivity index (χ1) is 13.5. The summed E-state index contributed by atoms with van der Waals surface area (Å²) in [4.78, 5) is 26.2. The number of nitrogens with zero attached hydrogens (tertiary/aromatic N) is 1. The molecule has 2 atom stereocenters. The molecule has 1 aliphatic rings. The second kappa shape index (κ2) is 9.23. The number of para-hydroxylation sites is 1. The van der Waals surface area contributed by atoms with E-state index in [4.69, 9.17) is 10.5 Å². The molecule has 0 aromatic heterocycles. The van der Waals surface area contributed by atoms with Crippen LogP contribution in [0.25, 0.3) is 0 Å². The summed E-state index contributed by atoms with van der Waals surface area (Å²) >= 11 is 0. The lowest BCUT2D eigenvalue weighted by Gasteiger charge is -2.35. The molecule has 4 N–H and O–H groups in total. The maximum Gasteiger partial charge on any atom is 0.312 e. The predicted molar refractivity (Wildman–Crippen MR) is 107 cm³/mol. The Morgan fingerprint density at radius 3 is 2.68 bits per heavy atom. The first-order valence-electron chi connectivity index (χ1n) is 9.42. The number of carbonyl (C=O) groups is 2. The van der Waals surface area contributed by atoms with Gasteiger partial charge in [-0.25, -0.2) is 4.79 Å². The fourth-order valence-electron chi connectivity index (χ4n) is 3.35. The van der Waals surface area contributed by atoms with Crippen molar-refractivity contribution in [1.29, 1.82) is 0 Å². The fraction of sp³-hybridized carbons (Fsp3) is 0.333. The molecule has 3 rings (SSSR count). The maximum atomic E-state index is 12.8. The van der Waals surface area contributed by atoms with Gasteiger partial charge in [0.25, 0.3) is 0 Å². The summed E-state index contributed by atoms with van der Waals surface area (Å²) in [6, 6.07) is 15.7. The lowest BCUT2D eigenvalue weighted by molar-refractivity contribution is -0.134. The molecule has 148 valence electrons. The van der Waals surface area contributed by atoms with Crippen molar-refractivity contribution in [3.05, 3.63) is 60.2 Å². The fourth-order valence-corrected chi connectivity index (χ4v) is 3.35. The van der Waals surface area contributed by atoms with Crippen LogP contribution in [0.1, 0.15) is 24.9 Å². The van der Waals surface area contributed by atoms with Gasteiger partial charge in [-0.05, 0) is 36.8 Å². The molecule has 7 nitrogen and oxygen atoms in total. The number of nitrogens with two attached hydrogens (primary N) is 1. The van der Waals surface area contributed by atoms with E-state index < -0.39 is 12.1 Å². The number of hydrogen-bond donors (Lipinski definition) is 3. The van der Waals surface area contributed by atoms with Gasteiger partial charge in [0.15, 0.2) is 0 Å². The highest BCUT2D eigenvalue weighted by molar-refractivity contribution is 5.79. The molecule has 0 aliphatic carbocycles. The average Bonchev–Trinajstić information content (AvgIpc) is 2.68. The van der Waals surface area contributed by atoms with Crippen molar-refractivity contribution >= 4 is 11.9 Å². The molecule has 0 bridgehead atoms. The minimum atomic E-state index is -0.666.